The van der Waals surface area contributed by atoms with Gasteiger partial charge in [-0.1, -0.05) is 23.7 Å². The number of aromatic nitrogens is 3. The molecular formula is C21H19ClN4O2. The van der Waals surface area contributed by atoms with Crippen molar-refractivity contribution in [3.63, 3.8) is 0 Å². The van der Waals surface area contributed by atoms with E-state index < -0.39 is 0 Å². The lowest BCUT2D eigenvalue weighted by molar-refractivity contribution is 0.0940. The molecule has 0 spiro atoms. The molecule has 2 aromatic carbocycles. The van der Waals surface area contributed by atoms with Crippen LogP contribution >= 0.6 is 11.6 Å². The molecule has 1 N–H and O–H groups in total. The number of carbonyl (C=O) groups excluding carboxylic acids is 1. The number of aryl methyl sites for hydroxylation is 1. The van der Waals surface area contributed by atoms with Crippen LogP contribution in [-0.2, 0) is 13.5 Å². The van der Waals surface area contributed by atoms with Gasteiger partial charge < -0.3 is 9.73 Å². The van der Waals surface area contributed by atoms with Crippen LogP contribution < -0.4 is 5.32 Å². The van der Waals surface area contributed by atoms with Gasteiger partial charge in [-0.15, -0.1) is 0 Å². The van der Waals surface area contributed by atoms with Crippen LogP contribution in [-0.4, -0.2) is 20.7 Å². The molecule has 0 saturated carbocycles. The summed E-state index contributed by atoms with van der Waals surface area (Å²) in [5, 5.41) is 7.81. The first-order valence-electron chi connectivity index (χ1n) is 8.91. The molecule has 4 rings (SSSR count). The van der Waals surface area contributed by atoms with Crippen LogP contribution in [0.2, 0.25) is 5.02 Å². The first-order valence-corrected chi connectivity index (χ1v) is 9.29. The van der Waals surface area contributed by atoms with E-state index in [1.165, 1.54) is 0 Å². The quantitative estimate of drug-likeness (QED) is 0.547. The minimum absolute atomic E-state index is 0.144. The highest BCUT2D eigenvalue weighted by Gasteiger charge is 2.15. The summed E-state index contributed by atoms with van der Waals surface area (Å²) >= 11 is 5.92. The largest absolute Gasteiger partial charge is 0.440 e. The molecule has 0 unspecified atom stereocenters. The Morgan fingerprint density at radius 1 is 1.25 bits per heavy atom. The van der Waals surface area contributed by atoms with Crippen molar-refractivity contribution >= 4 is 28.6 Å². The van der Waals surface area contributed by atoms with Gasteiger partial charge in [0, 0.05) is 35.8 Å². The van der Waals surface area contributed by atoms with Gasteiger partial charge in [-0.2, -0.15) is 5.10 Å². The Kier molecular flexibility index (Phi) is 4.88. The number of benzene rings is 2. The second-order valence-corrected chi connectivity index (χ2v) is 7.17. The minimum Gasteiger partial charge on any atom is -0.440 e. The topological polar surface area (TPSA) is 73.0 Å². The van der Waals surface area contributed by atoms with Crippen molar-refractivity contribution in [1.29, 1.82) is 0 Å². The van der Waals surface area contributed by atoms with Crippen molar-refractivity contribution < 1.29 is 9.21 Å². The Morgan fingerprint density at radius 2 is 2.04 bits per heavy atom. The number of rotatable bonds is 5. The average Bonchev–Trinajstić information content (AvgIpc) is 3.28. The summed E-state index contributed by atoms with van der Waals surface area (Å²) in [6.07, 6.45) is 4.19. The number of halogens is 1. The zero-order valence-corrected chi connectivity index (χ0v) is 16.3. The molecule has 2 aromatic heterocycles. The number of oxazole rings is 1. The fraction of sp³-hybridized carbons (Fsp3) is 0.190. The van der Waals surface area contributed by atoms with Gasteiger partial charge in [-0.25, -0.2) is 4.98 Å². The van der Waals surface area contributed by atoms with Gasteiger partial charge in [0.15, 0.2) is 11.5 Å². The average molecular weight is 395 g/mol. The molecular weight excluding hydrogens is 376 g/mol. The van der Waals surface area contributed by atoms with E-state index in [4.69, 9.17) is 16.0 Å². The van der Waals surface area contributed by atoms with Crippen LogP contribution in [0.25, 0.3) is 11.1 Å². The zero-order valence-electron chi connectivity index (χ0n) is 15.5. The Labute approximate surface area is 167 Å². The van der Waals surface area contributed by atoms with Crippen molar-refractivity contribution in [3.05, 3.63) is 82.5 Å². The number of nitrogens with zero attached hydrogens (tertiary/aromatic N) is 3. The van der Waals surface area contributed by atoms with Gasteiger partial charge in [-0.05, 0) is 42.8 Å². The summed E-state index contributed by atoms with van der Waals surface area (Å²) in [6.45, 7) is 1.92. The second kappa shape index (κ2) is 7.48. The number of hydrogen-bond donors (Lipinski definition) is 1. The molecule has 1 amide bonds. The second-order valence-electron chi connectivity index (χ2n) is 6.74. The van der Waals surface area contributed by atoms with Crippen LogP contribution in [0, 0.1) is 0 Å². The minimum atomic E-state index is -0.166. The van der Waals surface area contributed by atoms with Crippen LogP contribution in [0.15, 0.2) is 59.3 Å². The van der Waals surface area contributed by atoms with E-state index >= 15 is 0 Å². The summed E-state index contributed by atoms with van der Waals surface area (Å²) in [5.74, 6) is 0.430. The van der Waals surface area contributed by atoms with Crippen molar-refractivity contribution in [2.24, 2.45) is 7.05 Å². The van der Waals surface area contributed by atoms with Gasteiger partial charge in [-0.3, -0.25) is 9.48 Å². The zero-order chi connectivity index (χ0) is 19.7. The lowest BCUT2D eigenvalue weighted by atomic mass is 10.1. The van der Waals surface area contributed by atoms with Crippen molar-refractivity contribution in [3.8, 4) is 0 Å². The maximum Gasteiger partial charge on any atom is 0.251 e. The number of hydrogen-bond acceptors (Lipinski definition) is 4. The summed E-state index contributed by atoms with van der Waals surface area (Å²) < 4.78 is 7.51. The smallest absolute Gasteiger partial charge is 0.251 e. The molecule has 1 atom stereocenters. The molecule has 0 fully saturated rings. The third-order valence-corrected chi connectivity index (χ3v) is 4.79. The van der Waals surface area contributed by atoms with Crippen molar-refractivity contribution in [2.45, 2.75) is 19.4 Å². The SMILES string of the molecule is C[C@H](NC(=O)c1ccc2oc(Cc3ccc(Cl)cc3)nc2c1)c1cnn(C)c1. The van der Waals surface area contributed by atoms with Gasteiger partial charge in [0.2, 0.25) is 0 Å². The normalized spacial score (nSPS) is 12.2. The summed E-state index contributed by atoms with van der Waals surface area (Å²) in [7, 11) is 1.85. The summed E-state index contributed by atoms with van der Waals surface area (Å²) in [6, 6.07) is 12.7. The number of amides is 1. The molecule has 4 aromatic rings. The van der Waals surface area contributed by atoms with Crippen LogP contribution in [0.4, 0.5) is 0 Å². The molecule has 28 heavy (non-hydrogen) atoms. The van der Waals surface area contributed by atoms with E-state index in [0.717, 1.165) is 11.1 Å². The Hall–Kier alpha value is -3.12. The molecule has 6 nitrogen and oxygen atoms in total. The third kappa shape index (κ3) is 3.92. The number of fused-ring (bicyclic) bond motifs is 1. The lowest BCUT2D eigenvalue weighted by Crippen LogP contribution is -2.26. The number of nitrogens with one attached hydrogen (secondary N) is 1. The van der Waals surface area contributed by atoms with E-state index in [-0.39, 0.29) is 11.9 Å². The van der Waals surface area contributed by atoms with Crippen LogP contribution in [0.1, 0.15) is 40.3 Å². The van der Waals surface area contributed by atoms with E-state index in [0.29, 0.717) is 34.0 Å². The van der Waals surface area contributed by atoms with Crippen molar-refractivity contribution in [2.75, 3.05) is 0 Å². The maximum absolute atomic E-state index is 12.6. The van der Waals surface area contributed by atoms with Gasteiger partial charge >= 0.3 is 0 Å². The van der Waals surface area contributed by atoms with Gasteiger partial charge in [0.25, 0.3) is 5.91 Å². The lowest BCUT2D eigenvalue weighted by Gasteiger charge is -2.11. The van der Waals surface area contributed by atoms with Crippen LogP contribution in [0.3, 0.4) is 0 Å². The van der Waals surface area contributed by atoms with Crippen molar-refractivity contribution in [1.82, 2.24) is 20.1 Å². The van der Waals surface area contributed by atoms with E-state index in [2.05, 4.69) is 15.4 Å². The van der Waals surface area contributed by atoms with E-state index in [1.807, 2.05) is 44.4 Å². The fourth-order valence-corrected chi connectivity index (χ4v) is 3.12. The van der Waals surface area contributed by atoms with Gasteiger partial charge in [0.1, 0.15) is 5.52 Å². The van der Waals surface area contributed by atoms with E-state index in [1.54, 1.807) is 29.1 Å². The Balaban J connectivity index is 1.50. The monoisotopic (exact) mass is 394 g/mol. The highest BCUT2D eigenvalue weighted by atomic mass is 35.5. The Morgan fingerprint density at radius 3 is 2.75 bits per heavy atom. The predicted molar refractivity (Wildman–Crippen MR) is 107 cm³/mol. The summed E-state index contributed by atoms with van der Waals surface area (Å²) in [4.78, 5) is 17.1. The Bertz CT molecular complexity index is 1130. The maximum atomic E-state index is 12.6. The molecule has 0 radical (unpaired) electrons. The molecule has 0 bridgehead atoms. The molecule has 0 aliphatic rings. The highest BCUT2D eigenvalue weighted by molar-refractivity contribution is 6.30. The van der Waals surface area contributed by atoms with Gasteiger partial charge in [0.05, 0.1) is 12.2 Å². The molecule has 7 heteroatoms. The fourth-order valence-electron chi connectivity index (χ4n) is 3.00. The molecule has 0 aliphatic heterocycles. The standard InChI is InChI=1S/C21H19ClN4O2/c1-13(16-11-23-26(2)12-16)24-21(27)15-5-8-19-18(10-15)25-20(28-19)9-14-3-6-17(22)7-4-14/h3-8,10-13H,9H2,1-2H3,(H,24,27)/t13-/m0/s1. The van der Waals surface area contributed by atoms with E-state index in [9.17, 15) is 4.79 Å². The molecule has 142 valence electrons. The number of carbonyl (C=O) groups is 1. The molecule has 2 heterocycles. The van der Waals surface area contributed by atoms with Crippen LogP contribution in [0.5, 0.6) is 0 Å². The first-order chi connectivity index (χ1) is 13.5. The highest BCUT2D eigenvalue weighted by Crippen LogP contribution is 2.21. The summed E-state index contributed by atoms with van der Waals surface area (Å²) in [5.41, 5.74) is 3.85. The predicted octanol–water partition coefficient (Wildman–Crippen LogP) is 4.30. The first kappa shape index (κ1) is 18.3. The molecule has 0 aliphatic carbocycles. The molecule has 0 saturated heterocycles. The third-order valence-electron chi connectivity index (χ3n) is 4.54.